The average molecular weight is 312 g/mol. The Bertz CT molecular complexity index is 743. The fraction of sp³-hybridized carbons (Fsp3) is 0.176. The summed E-state index contributed by atoms with van der Waals surface area (Å²) in [5, 5.41) is 9.07. The van der Waals surface area contributed by atoms with Crippen LogP contribution in [-0.4, -0.2) is 37.3 Å². The summed E-state index contributed by atoms with van der Waals surface area (Å²) in [4.78, 5) is 26.9. The van der Waals surface area contributed by atoms with Gasteiger partial charge in [0.25, 0.3) is 0 Å². The molecule has 0 radical (unpaired) electrons. The number of hydrogen-bond acceptors (Lipinski definition) is 3. The predicted octanol–water partition coefficient (Wildman–Crippen LogP) is 2.84. The minimum absolute atomic E-state index is 0.165. The van der Waals surface area contributed by atoms with Gasteiger partial charge in [0.15, 0.2) is 0 Å². The van der Waals surface area contributed by atoms with Gasteiger partial charge < -0.3 is 9.84 Å². The predicted molar refractivity (Wildman–Crippen MR) is 86.5 cm³/mol. The third kappa shape index (κ3) is 2.83. The molecule has 1 fully saturated rings. The number of urea groups is 1. The quantitative estimate of drug-likeness (QED) is 0.942. The van der Waals surface area contributed by atoms with Crippen LogP contribution in [0.25, 0.3) is 0 Å². The molecule has 1 heterocycles. The molecule has 23 heavy (non-hydrogen) atoms. The molecule has 1 aliphatic heterocycles. The number of hydrogen-bond donors (Lipinski definition) is 1. The molecule has 3 rings (SSSR count). The number of benzene rings is 2. The van der Waals surface area contributed by atoms with Crippen molar-refractivity contribution in [3.63, 3.8) is 0 Å². The van der Waals surface area contributed by atoms with Gasteiger partial charge in [-0.05, 0) is 42.5 Å². The average Bonchev–Trinajstić information content (AvgIpc) is 2.96. The van der Waals surface area contributed by atoms with Crippen molar-refractivity contribution in [2.45, 2.75) is 0 Å². The Morgan fingerprint density at radius 2 is 1.70 bits per heavy atom. The second-order valence-corrected chi connectivity index (χ2v) is 5.14. The summed E-state index contributed by atoms with van der Waals surface area (Å²) in [6.45, 7) is 1.05. The lowest BCUT2D eigenvalue weighted by Crippen LogP contribution is -2.31. The van der Waals surface area contributed by atoms with Crippen LogP contribution in [0.5, 0.6) is 5.75 Å². The Hall–Kier alpha value is -3.02. The number of methoxy groups -OCH3 is 1. The monoisotopic (exact) mass is 312 g/mol. The van der Waals surface area contributed by atoms with E-state index in [1.165, 1.54) is 12.1 Å². The highest BCUT2D eigenvalue weighted by atomic mass is 16.5. The van der Waals surface area contributed by atoms with Gasteiger partial charge >= 0.3 is 12.0 Å². The SMILES string of the molecule is COc1ccc(N2CCN(c3cccc(C(=O)O)c3)C2=O)cc1. The number of carbonyl (C=O) groups is 2. The Morgan fingerprint density at radius 3 is 2.30 bits per heavy atom. The molecule has 2 amide bonds. The molecule has 6 heteroatoms. The van der Waals surface area contributed by atoms with Crippen molar-refractivity contribution in [3.8, 4) is 5.75 Å². The molecule has 0 saturated carbocycles. The summed E-state index contributed by atoms with van der Waals surface area (Å²) < 4.78 is 5.12. The lowest BCUT2D eigenvalue weighted by molar-refractivity contribution is 0.0697. The second-order valence-electron chi connectivity index (χ2n) is 5.14. The van der Waals surface area contributed by atoms with Gasteiger partial charge in [0.05, 0.1) is 12.7 Å². The Kier molecular flexibility index (Phi) is 3.89. The van der Waals surface area contributed by atoms with E-state index in [1.807, 2.05) is 12.1 Å². The zero-order chi connectivity index (χ0) is 16.4. The van der Waals surface area contributed by atoms with Crippen LogP contribution in [0.2, 0.25) is 0 Å². The van der Waals surface area contributed by atoms with Gasteiger partial charge in [0.1, 0.15) is 5.75 Å². The van der Waals surface area contributed by atoms with E-state index in [1.54, 1.807) is 41.2 Å². The highest BCUT2D eigenvalue weighted by Gasteiger charge is 2.30. The Labute approximate surface area is 133 Å². The van der Waals surface area contributed by atoms with Gasteiger partial charge in [-0.25, -0.2) is 9.59 Å². The molecule has 118 valence electrons. The first-order chi connectivity index (χ1) is 11.1. The van der Waals surface area contributed by atoms with Crippen LogP contribution < -0.4 is 14.5 Å². The van der Waals surface area contributed by atoms with Gasteiger partial charge in [0.2, 0.25) is 0 Å². The molecule has 2 aromatic carbocycles. The second kappa shape index (κ2) is 6.00. The number of rotatable bonds is 4. The minimum Gasteiger partial charge on any atom is -0.497 e. The molecule has 1 saturated heterocycles. The maximum absolute atomic E-state index is 12.6. The number of anilines is 2. The molecular formula is C17H16N2O4. The van der Waals surface area contributed by atoms with Gasteiger partial charge in [-0.3, -0.25) is 9.80 Å². The molecule has 0 spiro atoms. The van der Waals surface area contributed by atoms with Crippen molar-refractivity contribution in [2.24, 2.45) is 0 Å². The van der Waals surface area contributed by atoms with Crippen molar-refractivity contribution >= 4 is 23.4 Å². The summed E-state index contributed by atoms with van der Waals surface area (Å²) in [7, 11) is 1.59. The number of carbonyl (C=O) groups excluding carboxylic acids is 1. The van der Waals surface area contributed by atoms with Crippen molar-refractivity contribution < 1.29 is 19.4 Å². The minimum atomic E-state index is -1.01. The number of amides is 2. The van der Waals surface area contributed by atoms with E-state index in [0.717, 1.165) is 11.4 Å². The molecule has 1 aliphatic rings. The van der Waals surface area contributed by atoms with Crippen molar-refractivity contribution in [2.75, 3.05) is 30.0 Å². The zero-order valence-electron chi connectivity index (χ0n) is 12.6. The fourth-order valence-corrected chi connectivity index (χ4v) is 2.59. The maximum atomic E-state index is 12.6. The van der Waals surface area contributed by atoms with E-state index in [4.69, 9.17) is 9.84 Å². The molecular weight excluding hydrogens is 296 g/mol. The van der Waals surface area contributed by atoms with Crippen LogP contribution in [0, 0.1) is 0 Å². The largest absolute Gasteiger partial charge is 0.497 e. The Balaban J connectivity index is 1.83. The maximum Gasteiger partial charge on any atom is 0.335 e. The number of aromatic carboxylic acids is 1. The summed E-state index contributed by atoms with van der Waals surface area (Å²) in [5.41, 5.74) is 1.54. The normalized spacial score (nSPS) is 14.2. The van der Waals surface area contributed by atoms with E-state index in [0.29, 0.717) is 18.8 Å². The number of carboxylic acids is 1. The molecule has 0 aromatic heterocycles. The highest BCUT2D eigenvalue weighted by molar-refractivity contribution is 6.06. The molecule has 0 aliphatic carbocycles. The van der Waals surface area contributed by atoms with E-state index >= 15 is 0 Å². The van der Waals surface area contributed by atoms with Crippen molar-refractivity contribution in [1.82, 2.24) is 0 Å². The first-order valence-corrected chi connectivity index (χ1v) is 7.16. The summed E-state index contributed by atoms with van der Waals surface area (Å²) in [6.07, 6.45) is 0. The standard InChI is InChI=1S/C17H16N2O4/c1-23-15-7-5-13(6-8-15)18-9-10-19(17(18)22)14-4-2-3-12(11-14)16(20)21/h2-8,11H,9-10H2,1H3,(H,20,21). The van der Waals surface area contributed by atoms with Crippen LogP contribution in [0.3, 0.4) is 0 Å². The first kappa shape index (κ1) is 14.9. The van der Waals surface area contributed by atoms with Crippen molar-refractivity contribution in [1.29, 1.82) is 0 Å². The number of ether oxygens (including phenoxy) is 1. The molecule has 6 nitrogen and oxygen atoms in total. The summed E-state index contributed by atoms with van der Waals surface area (Å²) >= 11 is 0. The van der Waals surface area contributed by atoms with Gasteiger partial charge in [0, 0.05) is 24.5 Å². The third-order valence-corrected chi connectivity index (χ3v) is 3.80. The zero-order valence-corrected chi connectivity index (χ0v) is 12.6. The molecule has 0 atom stereocenters. The summed E-state index contributed by atoms with van der Waals surface area (Å²) in [5.74, 6) is -0.281. The van der Waals surface area contributed by atoms with Crippen molar-refractivity contribution in [3.05, 3.63) is 54.1 Å². The molecule has 2 aromatic rings. The Morgan fingerprint density at radius 1 is 1.04 bits per heavy atom. The van der Waals surface area contributed by atoms with E-state index in [9.17, 15) is 9.59 Å². The third-order valence-electron chi connectivity index (χ3n) is 3.80. The van der Waals surface area contributed by atoms with Gasteiger partial charge in [-0.1, -0.05) is 6.07 Å². The summed E-state index contributed by atoms with van der Waals surface area (Å²) in [6, 6.07) is 13.5. The van der Waals surface area contributed by atoms with Crippen LogP contribution in [-0.2, 0) is 0 Å². The fourth-order valence-electron chi connectivity index (χ4n) is 2.59. The van der Waals surface area contributed by atoms with E-state index in [2.05, 4.69) is 0 Å². The lowest BCUT2D eigenvalue weighted by atomic mass is 10.2. The van der Waals surface area contributed by atoms with Crippen LogP contribution in [0.15, 0.2) is 48.5 Å². The molecule has 1 N–H and O–H groups in total. The topological polar surface area (TPSA) is 70.1 Å². The highest BCUT2D eigenvalue weighted by Crippen LogP contribution is 2.27. The van der Waals surface area contributed by atoms with Gasteiger partial charge in [-0.15, -0.1) is 0 Å². The lowest BCUT2D eigenvalue weighted by Gasteiger charge is -2.19. The van der Waals surface area contributed by atoms with Crippen LogP contribution >= 0.6 is 0 Å². The molecule has 0 unspecified atom stereocenters. The number of nitrogens with zero attached hydrogens (tertiary/aromatic N) is 2. The van der Waals surface area contributed by atoms with Crippen LogP contribution in [0.1, 0.15) is 10.4 Å². The van der Waals surface area contributed by atoms with Gasteiger partial charge in [-0.2, -0.15) is 0 Å². The van der Waals surface area contributed by atoms with E-state index in [-0.39, 0.29) is 11.6 Å². The smallest absolute Gasteiger partial charge is 0.335 e. The molecule has 0 bridgehead atoms. The first-order valence-electron chi connectivity index (χ1n) is 7.16. The van der Waals surface area contributed by atoms with E-state index < -0.39 is 5.97 Å². The van der Waals surface area contributed by atoms with Crippen LogP contribution in [0.4, 0.5) is 16.2 Å². The number of carboxylic acid groups (broad SMARTS) is 1.